The second-order valence-electron chi connectivity index (χ2n) is 3.42. The van der Waals surface area contributed by atoms with E-state index in [9.17, 15) is 9.59 Å². The number of pyridine rings is 1. The van der Waals surface area contributed by atoms with Gasteiger partial charge in [0.05, 0.1) is 13.0 Å². The van der Waals surface area contributed by atoms with E-state index in [1.807, 2.05) is 6.92 Å². The van der Waals surface area contributed by atoms with Crippen molar-refractivity contribution in [3.8, 4) is 0 Å². The summed E-state index contributed by atoms with van der Waals surface area (Å²) in [7, 11) is 0. The minimum atomic E-state index is -0.331. The first-order valence-electron chi connectivity index (χ1n) is 5.24. The number of hydrogen-bond acceptors (Lipinski definition) is 4. The molecule has 0 aliphatic heterocycles. The summed E-state index contributed by atoms with van der Waals surface area (Å²) in [4.78, 5) is 26.7. The minimum absolute atomic E-state index is 0.0482. The van der Waals surface area contributed by atoms with Crippen molar-refractivity contribution < 1.29 is 14.3 Å². The van der Waals surface area contributed by atoms with Crippen LogP contribution in [0.3, 0.4) is 0 Å². The number of hydrogen-bond donors (Lipinski definition) is 0. The predicted molar refractivity (Wildman–Crippen MR) is 59.2 cm³/mol. The van der Waals surface area contributed by atoms with E-state index < -0.39 is 0 Å². The molecule has 1 heterocycles. The summed E-state index contributed by atoms with van der Waals surface area (Å²) in [6.07, 6.45) is 3.53. The molecule has 0 bridgehead atoms. The van der Waals surface area contributed by atoms with E-state index in [0.29, 0.717) is 12.2 Å². The number of Topliss-reactive ketones (excluding diaryl/α,β-unsaturated/α-hetero) is 1. The number of rotatable bonds is 5. The largest absolute Gasteiger partial charge is 0.466 e. The second kappa shape index (κ2) is 6.00. The fourth-order valence-electron chi connectivity index (χ4n) is 1.37. The van der Waals surface area contributed by atoms with Crippen LogP contribution in [-0.4, -0.2) is 23.3 Å². The van der Waals surface area contributed by atoms with Gasteiger partial charge in [-0.3, -0.25) is 14.6 Å². The van der Waals surface area contributed by atoms with E-state index >= 15 is 0 Å². The Kier molecular flexibility index (Phi) is 4.64. The Balaban J connectivity index is 2.54. The van der Waals surface area contributed by atoms with E-state index in [1.54, 1.807) is 25.4 Å². The van der Waals surface area contributed by atoms with Gasteiger partial charge in [-0.1, -0.05) is 0 Å². The first-order chi connectivity index (χ1) is 7.65. The highest BCUT2D eigenvalue weighted by Crippen LogP contribution is 2.09. The number of nitrogens with zero attached hydrogens (tertiary/aromatic N) is 1. The highest BCUT2D eigenvalue weighted by Gasteiger charge is 2.11. The van der Waals surface area contributed by atoms with Crippen LogP contribution in [0.1, 0.15) is 35.7 Å². The van der Waals surface area contributed by atoms with Crippen molar-refractivity contribution in [3.63, 3.8) is 0 Å². The van der Waals surface area contributed by atoms with Crippen LogP contribution in [0.15, 0.2) is 18.5 Å². The first-order valence-corrected chi connectivity index (χ1v) is 5.24. The quantitative estimate of drug-likeness (QED) is 0.563. The number of aryl methyl sites for hydroxylation is 1. The molecule has 0 aliphatic rings. The van der Waals surface area contributed by atoms with Gasteiger partial charge in [-0.05, 0) is 25.5 Å². The lowest BCUT2D eigenvalue weighted by Gasteiger charge is -2.04. The summed E-state index contributed by atoms with van der Waals surface area (Å²) in [6.45, 7) is 3.92. The lowest BCUT2D eigenvalue weighted by atomic mass is 10.0. The number of ketones is 1. The summed E-state index contributed by atoms with van der Waals surface area (Å²) in [5.41, 5.74) is 1.45. The molecule has 0 atom stereocenters. The minimum Gasteiger partial charge on any atom is -0.466 e. The molecular weight excluding hydrogens is 206 g/mol. The fraction of sp³-hybridized carbons (Fsp3) is 0.417. The maximum atomic E-state index is 11.7. The molecule has 0 saturated carbocycles. The molecule has 0 spiro atoms. The van der Waals surface area contributed by atoms with Gasteiger partial charge in [-0.25, -0.2) is 0 Å². The van der Waals surface area contributed by atoms with Crippen LogP contribution in [-0.2, 0) is 9.53 Å². The van der Waals surface area contributed by atoms with Crippen molar-refractivity contribution >= 4 is 11.8 Å². The normalized spacial score (nSPS) is 9.88. The van der Waals surface area contributed by atoms with E-state index in [4.69, 9.17) is 4.74 Å². The molecule has 4 nitrogen and oxygen atoms in total. The van der Waals surface area contributed by atoms with Crippen LogP contribution in [0.5, 0.6) is 0 Å². The van der Waals surface area contributed by atoms with Crippen LogP contribution in [0.4, 0.5) is 0 Å². The van der Waals surface area contributed by atoms with Crippen molar-refractivity contribution in [2.24, 2.45) is 0 Å². The maximum absolute atomic E-state index is 11.7. The number of esters is 1. The Hall–Kier alpha value is -1.71. The zero-order chi connectivity index (χ0) is 12.0. The van der Waals surface area contributed by atoms with Crippen LogP contribution in [0, 0.1) is 6.92 Å². The van der Waals surface area contributed by atoms with Crippen molar-refractivity contribution in [2.45, 2.75) is 26.7 Å². The molecule has 0 unspecified atom stereocenters. The molecule has 16 heavy (non-hydrogen) atoms. The topological polar surface area (TPSA) is 56.3 Å². The van der Waals surface area contributed by atoms with Gasteiger partial charge < -0.3 is 4.74 Å². The molecular formula is C12H15NO3. The Bertz CT molecular complexity index is 388. The molecule has 0 radical (unpaired) electrons. The molecule has 4 heteroatoms. The van der Waals surface area contributed by atoms with Gasteiger partial charge >= 0.3 is 5.97 Å². The van der Waals surface area contributed by atoms with Crippen molar-refractivity contribution in [1.29, 1.82) is 0 Å². The average molecular weight is 221 g/mol. The molecule has 1 aromatic heterocycles. The predicted octanol–water partition coefficient (Wildman–Crippen LogP) is 1.92. The summed E-state index contributed by atoms with van der Waals surface area (Å²) < 4.78 is 4.75. The van der Waals surface area contributed by atoms with Crippen molar-refractivity contribution in [1.82, 2.24) is 4.98 Å². The summed E-state index contributed by atoms with van der Waals surface area (Å²) >= 11 is 0. The van der Waals surface area contributed by atoms with Gasteiger partial charge in [-0.2, -0.15) is 0 Å². The standard InChI is InChI=1S/C12H15NO3/c1-3-16-12(15)5-4-11(14)10-6-7-13-8-9(10)2/h6-8H,3-5H2,1-2H3. The van der Waals surface area contributed by atoms with E-state index in [0.717, 1.165) is 5.56 Å². The average Bonchev–Trinajstić information content (AvgIpc) is 2.27. The SMILES string of the molecule is CCOC(=O)CCC(=O)c1ccncc1C. The number of carbonyl (C=O) groups is 2. The molecule has 86 valence electrons. The van der Waals surface area contributed by atoms with Crippen LogP contribution < -0.4 is 0 Å². The van der Waals surface area contributed by atoms with Gasteiger partial charge in [0.2, 0.25) is 0 Å². The van der Waals surface area contributed by atoms with E-state index in [-0.39, 0.29) is 24.6 Å². The second-order valence-corrected chi connectivity index (χ2v) is 3.42. The Labute approximate surface area is 94.6 Å². The molecule has 0 N–H and O–H groups in total. The molecule has 1 rings (SSSR count). The lowest BCUT2D eigenvalue weighted by molar-refractivity contribution is -0.143. The van der Waals surface area contributed by atoms with Crippen LogP contribution >= 0.6 is 0 Å². The smallest absolute Gasteiger partial charge is 0.306 e. The molecule has 0 fully saturated rings. The highest BCUT2D eigenvalue weighted by molar-refractivity contribution is 5.98. The summed E-state index contributed by atoms with van der Waals surface area (Å²) in [5.74, 6) is -0.379. The van der Waals surface area contributed by atoms with Gasteiger partial charge in [0, 0.05) is 24.4 Å². The number of aromatic nitrogens is 1. The van der Waals surface area contributed by atoms with Gasteiger partial charge in [0.1, 0.15) is 0 Å². The number of carbonyl (C=O) groups excluding carboxylic acids is 2. The molecule has 0 aliphatic carbocycles. The van der Waals surface area contributed by atoms with Crippen molar-refractivity contribution in [3.05, 3.63) is 29.6 Å². The molecule has 0 aromatic carbocycles. The zero-order valence-corrected chi connectivity index (χ0v) is 9.53. The fourth-order valence-corrected chi connectivity index (χ4v) is 1.37. The third-order valence-corrected chi connectivity index (χ3v) is 2.18. The third kappa shape index (κ3) is 3.46. The highest BCUT2D eigenvalue weighted by atomic mass is 16.5. The van der Waals surface area contributed by atoms with Gasteiger partial charge in [-0.15, -0.1) is 0 Å². The maximum Gasteiger partial charge on any atom is 0.306 e. The number of ether oxygens (including phenoxy) is 1. The third-order valence-electron chi connectivity index (χ3n) is 2.18. The molecule has 1 aromatic rings. The Morgan fingerprint density at radius 2 is 2.12 bits per heavy atom. The summed E-state index contributed by atoms with van der Waals surface area (Å²) in [6, 6.07) is 1.67. The lowest BCUT2D eigenvalue weighted by Crippen LogP contribution is -2.08. The summed E-state index contributed by atoms with van der Waals surface area (Å²) in [5, 5.41) is 0. The van der Waals surface area contributed by atoms with Crippen molar-refractivity contribution in [2.75, 3.05) is 6.61 Å². The van der Waals surface area contributed by atoms with Gasteiger partial charge in [0.25, 0.3) is 0 Å². The van der Waals surface area contributed by atoms with E-state index in [2.05, 4.69) is 4.98 Å². The van der Waals surface area contributed by atoms with Gasteiger partial charge in [0.15, 0.2) is 5.78 Å². The molecule has 0 amide bonds. The van der Waals surface area contributed by atoms with Crippen LogP contribution in [0.25, 0.3) is 0 Å². The van der Waals surface area contributed by atoms with Crippen LogP contribution in [0.2, 0.25) is 0 Å². The Morgan fingerprint density at radius 3 is 2.75 bits per heavy atom. The zero-order valence-electron chi connectivity index (χ0n) is 9.53. The molecule has 0 saturated heterocycles. The monoisotopic (exact) mass is 221 g/mol. The Morgan fingerprint density at radius 1 is 1.38 bits per heavy atom. The first kappa shape index (κ1) is 12.4. The van der Waals surface area contributed by atoms with E-state index in [1.165, 1.54) is 0 Å².